The zero-order valence-corrected chi connectivity index (χ0v) is 12.3. The van der Waals surface area contributed by atoms with Crippen molar-refractivity contribution in [1.29, 1.82) is 0 Å². The summed E-state index contributed by atoms with van der Waals surface area (Å²) in [6, 6.07) is 4.20. The molecule has 20 heavy (non-hydrogen) atoms. The highest BCUT2D eigenvalue weighted by Crippen LogP contribution is 2.25. The molecule has 0 amide bonds. The molecule has 0 aliphatic carbocycles. The number of carbonyl (C=O) groups excluding carboxylic acids is 1. The van der Waals surface area contributed by atoms with Crippen LogP contribution in [0.3, 0.4) is 0 Å². The van der Waals surface area contributed by atoms with Crippen molar-refractivity contribution in [2.75, 3.05) is 33.2 Å². The summed E-state index contributed by atoms with van der Waals surface area (Å²) in [6.45, 7) is 7.28. The number of ketones is 1. The molecule has 2 N–H and O–H groups in total. The highest BCUT2D eigenvalue weighted by atomic mass is 16.3. The number of benzene rings is 1. The summed E-state index contributed by atoms with van der Waals surface area (Å²) in [5, 5.41) is 18.7. The second-order valence-corrected chi connectivity index (χ2v) is 6.07. The summed E-state index contributed by atoms with van der Waals surface area (Å²) in [6.07, 6.45) is 0. The molecule has 0 bridgehead atoms. The van der Waals surface area contributed by atoms with Crippen molar-refractivity contribution in [3.8, 4) is 11.5 Å². The van der Waals surface area contributed by atoms with E-state index < -0.39 is 0 Å². The number of nitrogens with zero attached hydrogens (tertiary/aromatic N) is 2. The molecule has 0 unspecified atom stereocenters. The Labute approximate surface area is 119 Å². The van der Waals surface area contributed by atoms with Gasteiger partial charge in [0.15, 0.2) is 17.3 Å². The molecule has 0 spiro atoms. The van der Waals surface area contributed by atoms with Gasteiger partial charge in [0.05, 0.1) is 6.54 Å². The molecule has 110 valence electrons. The summed E-state index contributed by atoms with van der Waals surface area (Å²) in [5.74, 6) is -0.502. The van der Waals surface area contributed by atoms with Crippen molar-refractivity contribution in [3.63, 3.8) is 0 Å². The SMILES string of the molecule is CN1CCN(CC(=O)c2ccc(O)c(O)c2)CC1(C)C. The molecule has 0 aromatic heterocycles. The Balaban J connectivity index is 2.03. The van der Waals surface area contributed by atoms with Crippen molar-refractivity contribution in [3.05, 3.63) is 23.8 Å². The molecule has 5 nitrogen and oxygen atoms in total. The minimum absolute atomic E-state index is 0.0411. The second-order valence-electron chi connectivity index (χ2n) is 6.07. The zero-order chi connectivity index (χ0) is 14.9. The molecular weight excluding hydrogens is 256 g/mol. The summed E-state index contributed by atoms with van der Waals surface area (Å²) in [4.78, 5) is 16.6. The van der Waals surface area contributed by atoms with Crippen LogP contribution in [0.1, 0.15) is 24.2 Å². The maximum atomic E-state index is 12.2. The summed E-state index contributed by atoms with van der Waals surface area (Å²) in [5.41, 5.74) is 0.479. The molecule has 1 aromatic carbocycles. The third-order valence-electron chi connectivity index (χ3n) is 4.06. The first-order valence-electron chi connectivity index (χ1n) is 6.78. The monoisotopic (exact) mass is 278 g/mol. The topological polar surface area (TPSA) is 64.0 Å². The molecule has 1 aliphatic heterocycles. The molecule has 2 rings (SSSR count). The third-order valence-corrected chi connectivity index (χ3v) is 4.06. The Morgan fingerprint density at radius 1 is 1.25 bits per heavy atom. The van der Waals surface area contributed by atoms with Crippen molar-refractivity contribution >= 4 is 5.78 Å². The second kappa shape index (κ2) is 5.42. The Morgan fingerprint density at radius 2 is 1.95 bits per heavy atom. The van der Waals surface area contributed by atoms with E-state index in [1.807, 2.05) is 0 Å². The smallest absolute Gasteiger partial charge is 0.176 e. The van der Waals surface area contributed by atoms with Gasteiger partial charge in [-0.05, 0) is 39.1 Å². The number of piperazine rings is 1. The first-order chi connectivity index (χ1) is 9.29. The van der Waals surface area contributed by atoms with E-state index in [1.165, 1.54) is 12.1 Å². The van der Waals surface area contributed by atoms with E-state index >= 15 is 0 Å². The van der Waals surface area contributed by atoms with Crippen LogP contribution in [0.25, 0.3) is 0 Å². The summed E-state index contributed by atoms with van der Waals surface area (Å²) < 4.78 is 0. The predicted molar refractivity (Wildman–Crippen MR) is 77.3 cm³/mol. The number of rotatable bonds is 3. The number of Topliss-reactive ketones (excluding diaryl/α,β-unsaturated/α-hetero) is 1. The zero-order valence-electron chi connectivity index (χ0n) is 12.3. The fraction of sp³-hybridized carbons (Fsp3) is 0.533. The minimum Gasteiger partial charge on any atom is -0.504 e. The van der Waals surface area contributed by atoms with Crippen LogP contribution in [0.4, 0.5) is 0 Å². The maximum absolute atomic E-state index is 12.2. The maximum Gasteiger partial charge on any atom is 0.176 e. The van der Waals surface area contributed by atoms with Gasteiger partial charge in [-0.3, -0.25) is 14.6 Å². The average molecular weight is 278 g/mol. The van der Waals surface area contributed by atoms with Gasteiger partial charge in [0.1, 0.15) is 0 Å². The minimum atomic E-state index is -0.255. The Hall–Kier alpha value is -1.59. The van der Waals surface area contributed by atoms with E-state index in [4.69, 9.17) is 0 Å². The molecule has 1 aliphatic rings. The van der Waals surface area contributed by atoms with Crippen molar-refractivity contribution in [2.24, 2.45) is 0 Å². The molecule has 1 aromatic rings. The molecule has 0 atom stereocenters. The van der Waals surface area contributed by atoms with Crippen LogP contribution in [-0.4, -0.2) is 64.6 Å². The van der Waals surface area contributed by atoms with Gasteiger partial charge >= 0.3 is 0 Å². The Kier molecular flexibility index (Phi) is 4.01. The third kappa shape index (κ3) is 3.11. The van der Waals surface area contributed by atoms with Crippen LogP contribution < -0.4 is 0 Å². The Morgan fingerprint density at radius 3 is 2.55 bits per heavy atom. The van der Waals surface area contributed by atoms with E-state index in [1.54, 1.807) is 6.07 Å². The summed E-state index contributed by atoms with van der Waals surface area (Å²) in [7, 11) is 2.09. The van der Waals surface area contributed by atoms with Gasteiger partial charge in [-0.2, -0.15) is 0 Å². The van der Waals surface area contributed by atoms with Crippen molar-refractivity contribution in [2.45, 2.75) is 19.4 Å². The van der Waals surface area contributed by atoms with E-state index in [0.29, 0.717) is 12.1 Å². The van der Waals surface area contributed by atoms with Crippen LogP contribution in [0, 0.1) is 0 Å². The van der Waals surface area contributed by atoms with Crippen LogP contribution in [0.2, 0.25) is 0 Å². The number of phenolic OH excluding ortho intramolecular Hbond substituents is 2. The average Bonchev–Trinajstić information content (AvgIpc) is 2.36. The van der Waals surface area contributed by atoms with E-state index in [2.05, 4.69) is 30.7 Å². The van der Waals surface area contributed by atoms with Gasteiger partial charge in [0.25, 0.3) is 0 Å². The molecule has 0 radical (unpaired) electrons. The standard InChI is InChI=1S/C15H22N2O3/c1-15(2)10-17(7-6-16(15)3)9-14(20)11-4-5-12(18)13(19)8-11/h4-5,8,18-19H,6-7,9-10H2,1-3H3. The first-order valence-corrected chi connectivity index (χ1v) is 6.78. The van der Waals surface area contributed by atoms with E-state index in [9.17, 15) is 15.0 Å². The molecular formula is C15H22N2O3. The molecule has 1 fully saturated rings. The lowest BCUT2D eigenvalue weighted by Gasteiger charge is -2.45. The van der Waals surface area contributed by atoms with Crippen molar-refractivity contribution in [1.82, 2.24) is 9.80 Å². The fourth-order valence-electron chi connectivity index (χ4n) is 2.47. The van der Waals surface area contributed by atoms with Gasteiger partial charge in [-0.1, -0.05) is 0 Å². The van der Waals surface area contributed by atoms with Crippen LogP contribution in [0.5, 0.6) is 11.5 Å². The summed E-state index contributed by atoms with van der Waals surface area (Å²) >= 11 is 0. The lowest BCUT2D eigenvalue weighted by Crippen LogP contribution is -2.58. The highest BCUT2D eigenvalue weighted by Gasteiger charge is 2.31. The lowest BCUT2D eigenvalue weighted by molar-refractivity contribution is 0.0389. The number of aromatic hydroxyl groups is 2. The molecule has 5 heteroatoms. The van der Waals surface area contributed by atoms with Crippen molar-refractivity contribution < 1.29 is 15.0 Å². The van der Waals surface area contributed by atoms with Gasteiger partial charge in [0.2, 0.25) is 0 Å². The quantitative estimate of drug-likeness (QED) is 0.644. The normalized spacial score (nSPS) is 19.9. The van der Waals surface area contributed by atoms with E-state index in [0.717, 1.165) is 19.6 Å². The number of hydrogen-bond donors (Lipinski definition) is 2. The Bertz CT molecular complexity index is 514. The van der Waals surface area contributed by atoms with Crippen LogP contribution >= 0.6 is 0 Å². The number of hydrogen-bond acceptors (Lipinski definition) is 5. The van der Waals surface area contributed by atoms with Gasteiger partial charge < -0.3 is 10.2 Å². The first kappa shape index (κ1) is 14.8. The number of likely N-dealkylation sites (N-methyl/N-ethyl adjacent to an activating group) is 1. The van der Waals surface area contributed by atoms with Gasteiger partial charge in [-0.15, -0.1) is 0 Å². The van der Waals surface area contributed by atoms with Crippen LogP contribution in [0.15, 0.2) is 18.2 Å². The lowest BCUT2D eigenvalue weighted by atomic mass is 9.99. The van der Waals surface area contributed by atoms with Gasteiger partial charge in [-0.25, -0.2) is 0 Å². The highest BCUT2D eigenvalue weighted by molar-refractivity contribution is 5.98. The molecule has 1 saturated heterocycles. The van der Waals surface area contributed by atoms with E-state index in [-0.39, 0.29) is 22.8 Å². The number of carbonyl (C=O) groups is 1. The molecule has 1 heterocycles. The van der Waals surface area contributed by atoms with Crippen LogP contribution in [-0.2, 0) is 0 Å². The predicted octanol–water partition coefficient (Wildman–Crippen LogP) is 1.31. The molecule has 0 saturated carbocycles. The number of phenols is 2. The van der Waals surface area contributed by atoms with Gasteiger partial charge in [0, 0.05) is 30.7 Å². The fourth-order valence-corrected chi connectivity index (χ4v) is 2.47. The largest absolute Gasteiger partial charge is 0.504 e.